The normalized spacial score (nSPS) is 16.1. The number of fused-ring (bicyclic) bond motifs is 10. The van der Waals surface area contributed by atoms with Crippen molar-refractivity contribution in [3.05, 3.63) is 108 Å². The van der Waals surface area contributed by atoms with Crippen molar-refractivity contribution in [2.45, 2.75) is 44.9 Å². The highest BCUT2D eigenvalue weighted by Crippen LogP contribution is 2.35. The molecule has 1 aliphatic rings. The Labute approximate surface area is 185 Å². The summed E-state index contributed by atoms with van der Waals surface area (Å²) in [7, 11) is 0. The number of nitrogens with zero attached hydrogens (tertiary/aromatic N) is 2. The Morgan fingerprint density at radius 2 is 1.23 bits per heavy atom. The number of pyridine rings is 2. The summed E-state index contributed by atoms with van der Waals surface area (Å²) >= 11 is 0. The highest BCUT2D eigenvalue weighted by molar-refractivity contribution is 5.72. The second-order valence-corrected chi connectivity index (χ2v) is 9.77. The molecule has 4 aromatic rings. The standard InChI is InChI=1S/C29H28N2/c1-28(2)19-24-13-7-15-26(30-24)29(3,4)27-16-8-14-25(31-27)22-11-5-9-20(17-22)21-10-6-12-23(28)18-21/h5-18H,19H2,1-4H3. The maximum atomic E-state index is 5.11. The van der Waals surface area contributed by atoms with Crippen molar-refractivity contribution in [2.24, 2.45) is 0 Å². The summed E-state index contributed by atoms with van der Waals surface area (Å²) in [5.74, 6) is 0. The van der Waals surface area contributed by atoms with Crippen LogP contribution in [0, 0.1) is 0 Å². The van der Waals surface area contributed by atoms with Crippen LogP contribution in [0.3, 0.4) is 0 Å². The fourth-order valence-corrected chi connectivity index (χ4v) is 4.53. The summed E-state index contributed by atoms with van der Waals surface area (Å²) in [6.07, 6.45) is 0.883. The molecule has 0 fully saturated rings. The summed E-state index contributed by atoms with van der Waals surface area (Å²) in [6.45, 7) is 9.05. The molecule has 31 heavy (non-hydrogen) atoms. The Bertz CT molecular complexity index is 1270. The van der Waals surface area contributed by atoms with Crippen molar-refractivity contribution in [3.8, 4) is 22.4 Å². The van der Waals surface area contributed by atoms with Gasteiger partial charge in [-0.25, -0.2) is 0 Å². The predicted octanol–water partition coefficient (Wildman–Crippen LogP) is 6.97. The summed E-state index contributed by atoms with van der Waals surface area (Å²) in [5, 5.41) is 0. The molecular weight excluding hydrogens is 376 g/mol. The van der Waals surface area contributed by atoms with Gasteiger partial charge < -0.3 is 0 Å². The van der Waals surface area contributed by atoms with Crippen molar-refractivity contribution in [3.63, 3.8) is 0 Å². The molecule has 0 atom stereocenters. The average Bonchev–Trinajstić information content (AvgIpc) is 2.79. The Hall–Kier alpha value is -3.26. The van der Waals surface area contributed by atoms with Gasteiger partial charge in [0.2, 0.25) is 0 Å². The fourth-order valence-electron chi connectivity index (χ4n) is 4.53. The first-order chi connectivity index (χ1) is 14.8. The third-order valence-corrected chi connectivity index (χ3v) is 6.60. The van der Waals surface area contributed by atoms with E-state index in [1.807, 2.05) is 0 Å². The Morgan fingerprint density at radius 3 is 2.03 bits per heavy atom. The predicted molar refractivity (Wildman–Crippen MR) is 128 cm³/mol. The van der Waals surface area contributed by atoms with E-state index in [1.165, 1.54) is 16.7 Å². The topological polar surface area (TPSA) is 25.8 Å². The first kappa shape index (κ1) is 19.7. The van der Waals surface area contributed by atoms with Gasteiger partial charge in [0.15, 0.2) is 0 Å². The third kappa shape index (κ3) is 3.57. The zero-order valence-corrected chi connectivity index (χ0v) is 18.7. The molecular formula is C29H28N2. The highest BCUT2D eigenvalue weighted by Gasteiger charge is 2.28. The third-order valence-electron chi connectivity index (χ3n) is 6.60. The lowest BCUT2D eigenvalue weighted by Crippen LogP contribution is -2.25. The van der Waals surface area contributed by atoms with Crippen LogP contribution in [-0.4, -0.2) is 9.97 Å². The van der Waals surface area contributed by atoms with Gasteiger partial charge >= 0.3 is 0 Å². The van der Waals surface area contributed by atoms with E-state index in [0.717, 1.165) is 34.8 Å². The molecule has 0 spiro atoms. The smallest absolute Gasteiger partial charge is 0.0705 e. The molecule has 1 aliphatic heterocycles. The fraction of sp³-hybridized carbons (Fsp3) is 0.241. The molecule has 2 aromatic heterocycles. The number of benzene rings is 2. The quantitative estimate of drug-likeness (QED) is 0.316. The number of hydrogen-bond donors (Lipinski definition) is 0. The van der Waals surface area contributed by atoms with E-state index in [1.54, 1.807) is 0 Å². The monoisotopic (exact) mass is 404 g/mol. The maximum absolute atomic E-state index is 5.11. The van der Waals surface area contributed by atoms with Gasteiger partial charge in [-0.05, 0) is 72.7 Å². The molecule has 0 radical (unpaired) electrons. The largest absolute Gasteiger partial charge is 0.257 e. The second-order valence-electron chi connectivity index (χ2n) is 9.77. The van der Waals surface area contributed by atoms with Crippen LogP contribution >= 0.6 is 0 Å². The summed E-state index contributed by atoms with van der Waals surface area (Å²) in [4.78, 5) is 10.2. The lowest BCUT2D eigenvalue weighted by molar-refractivity contribution is 0.509. The first-order valence-electron chi connectivity index (χ1n) is 11.0. The van der Waals surface area contributed by atoms with Crippen LogP contribution in [0.15, 0.2) is 84.9 Å². The molecule has 0 aliphatic carbocycles. The lowest BCUT2D eigenvalue weighted by atomic mass is 9.79. The van der Waals surface area contributed by atoms with Gasteiger partial charge in [0.25, 0.3) is 0 Å². The molecule has 0 unspecified atom stereocenters. The molecule has 154 valence electrons. The zero-order chi connectivity index (χ0) is 21.6. The van der Waals surface area contributed by atoms with Crippen LogP contribution in [0.25, 0.3) is 22.4 Å². The highest BCUT2D eigenvalue weighted by atomic mass is 14.8. The summed E-state index contributed by atoms with van der Waals surface area (Å²) in [5.41, 5.74) is 8.81. The van der Waals surface area contributed by atoms with Gasteiger partial charge in [0.1, 0.15) is 0 Å². The van der Waals surface area contributed by atoms with E-state index in [9.17, 15) is 0 Å². The van der Waals surface area contributed by atoms with E-state index >= 15 is 0 Å². The van der Waals surface area contributed by atoms with E-state index in [0.29, 0.717) is 0 Å². The summed E-state index contributed by atoms with van der Waals surface area (Å²) < 4.78 is 0. The van der Waals surface area contributed by atoms with Crippen molar-refractivity contribution >= 4 is 0 Å². The Morgan fingerprint density at radius 1 is 0.613 bits per heavy atom. The van der Waals surface area contributed by atoms with Gasteiger partial charge in [-0.3, -0.25) is 9.97 Å². The lowest BCUT2D eigenvalue weighted by Gasteiger charge is -2.28. The van der Waals surface area contributed by atoms with Gasteiger partial charge in [0, 0.05) is 16.7 Å². The Balaban J connectivity index is 1.79. The minimum absolute atomic E-state index is 0.0284. The zero-order valence-electron chi connectivity index (χ0n) is 18.7. The molecule has 8 bridgehead atoms. The number of hydrogen-bond acceptors (Lipinski definition) is 2. The summed E-state index contributed by atoms with van der Waals surface area (Å²) in [6, 6.07) is 30.4. The van der Waals surface area contributed by atoms with Crippen LogP contribution in [-0.2, 0) is 17.3 Å². The molecule has 0 N–H and O–H groups in total. The molecule has 0 amide bonds. The molecule has 0 saturated carbocycles. The van der Waals surface area contributed by atoms with Gasteiger partial charge in [0.05, 0.1) is 17.1 Å². The molecule has 2 nitrogen and oxygen atoms in total. The van der Waals surface area contributed by atoms with Gasteiger partial charge in [-0.2, -0.15) is 0 Å². The van der Waals surface area contributed by atoms with Crippen LogP contribution in [0.1, 0.15) is 50.3 Å². The SMILES string of the molecule is CC1(C)Cc2cccc(n2)C(C)(C)c2cccc(n2)-c2cccc(c2)-c2cccc1c2. The van der Waals surface area contributed by atoms with Crippen molar-refractivity contribution < 1.29 is 0 Å². The first-order valence-corrected chi connectivity index (χ1v) is 11.0. The molecule has 2 heteroatoms. The Kier molecular flexibility index (Phi) is 4.55. The van der Waals surface area contributed by atoms with Gasteiger partial charge in [-0.15, -0.1) is 0 Å². The molecule has 0 saturated heterocycles. The van der Waals surface area contributed by atoms with Crippen molar-refractivity contribution in [1.29, 1.82) is 0 Å². The minimum atomic E-state index is -0.286. The second kappa shape index (κ2) is 7.16. The molecule has 2 aromatic carbocycles. The molecule has 5 rings (SSSR count). The number of rotatable bonds is 0. The molecule has 3 heterocycles. The maximum Gasteiger partial charge on any atom is 0.0705 e. The van der Waals surface area contributed by atoms with Crippen LogP contribution in [0.4, 0.5) is 0 Å². The number of aromatic nitrogens is 2. The van der Waals surface area contributed by atoms with Crippen molar-refractivity contribution in [1.82, 2.24) is 9.97 Å². The van der Waals surface area contributed by atoms with Gasteiger partial charge in [-0.1, -0.05) is 68.4 Å². The van der Waals surface area contributed by atoms with E-state index in [-0.39, 0.29) is 10.8 Å². The van der Waals surface area contributed by atoms with Crippen LogP contribution < -0.4 is 0 Å². The van der Waals surface area contributed by atoms with Crippen molar-refractivity contribution in [2.75, 3.05) is 0 Å². The average molecular weight is 405 g/mol. The minimum Gasteiger partial charge on any atom is -0.257 e. The van der Waals surface area contributed by atoms with E-state index < -0.39 is 0 Å². The van der Waals surface area contributed by atoms with E-state index in [2.05, 4.69) is 113 Å². The van der Waals surface area contributed by atoms with Crippen LogP contribution in [0.2, 0.25) is 0 Å². The van der Waals surface area contributed by atoms with Crippen LogP contribution in [0.5, 0.6) is 0 Å². The van der Waals surface area contributed by atoms with E-state index in [4.69, 9.17) is 9.97 Å².